The number of nitrogens with one attached hydrogen (secondary N) is 1. The van der Waals surface area contributed by atoms with Gasteiger partial charge in [-0.05, 0) is 25.0 Å². The Morgan fingerprint density at radius 3 is 2.73 bits per heavy atom. The van der Waals surface area contributed by atoms with E-state index in [0.717, 1.165) is 23.5 Å². The minimum atomic E-state index is -1.03. The Morgan fingerprint density at radius 1 is 1.38 bits per heavy atom. The molecule has 2 amide bonds. The van der Waals surface area contributed by atoms with E-state index in [1.54, 1.807) is 12.1 Å². The average Bonchev–Trinajstić information content (AvgIpc) is 3.25. The fourth-order valence-corrected chi connectivity index (χ4v) is 3.47. The van der Waals surface area contributed by atoms with E-state index in [4.69, 9.17) is 0 Å². The van der Waals surface area contributed by atoms with E-state index in [-0.39, 0.29) is 24.9 Å². The zero-order valence-corrected chi connectivity index (χ0v) is 14.0. The first kappa shape index (κ1) is 16.6. The SMILES string of the molecule is Cc1ccc2c(c1)[C@]1(C[C@H]1F)CN(CC(=O)Nc1ncc(F)cn1)C2=O. The Hall–Kier alpha value is -2.90. The minimum absolute atomic E-state index is 0.0543. The molecule has 1 N–H and O–H groups in total. The van der Waals surface area contributed by atoms with Crippen LogP contribution >= 0.6 is 0 Å². The number of aromatic nitrogens is 2. The van der Waals surface area contributed by atoms with Crippen LogP contribution < -0.4 is 5.32 Å². The zero-order chi connectivity index (χ0) is 18.5. The quantitative estimate of drug-likeness (QED) is 0.911. The maximum Gasteiger partial charge on any atom is 0.254 e. The van der Waals surface area contributed by atoms with Gasteiger partial charge in [0.2, 0.25) is 11.9 Å². The summed E-state index contributed by atoms with van der Waals surface area (Å²) in [5, 5.41) is 2.41. The van der Waals surface area contributed by atoms with E-state index in [2.05, 4.69) is 15.3 Å². The zero-order valence-electron chi connectivity index (χ0n) is 14.0. The monoisotopic (exact) mass is 358 g/mol. The lowest BCUT2D eigenvalue weighted by Gasteiger charge is -2.34. The predicted octanol–water partition coefficient (Wildman–Crippen LogP) is 2.00. The number of anilines is 1. The maximum absolute atomic E-state index is 14.2. The number of aryl methyl sites for hydroxylation is 1. The Morgan fingerprint density at radius 2 is 2.08 bits per heavy atom. The number of halogens is 2. The largest absolute Gasteiger partial charge is 0.328 e. The van der Waals surface area contributed by atoms with Gasteiger partial charge in [-0.25, -0.2) is 18.7 Å². The number of carbonyl (C=O) groups excluding carboxylic acids is 2. The standard InChI is InChI=1S/C18H16F2N4O2/c1-10-2-3-12-13(4-10)18(5-14(18)20)9-24(16(12)26)8-15(25)23-17-21-6-11(19)7-22-17/h2-4,6-7,14H,5,8-9H2,1H3,(H,21,22,23,25)/t14-,18+/m1/s1. The molecule has 1 aliphatic carbocycles. The van der Waals surface area contributed by atoms with Gasteiger partial charge in [0.25, 0.3) is 5.91 Å². The van der Waals surface area contributed by atoms with Crippen LogP contribution in [0, 0.1) is 12.7 Å². The number of hydrogen-bond acceptors (Lipinski definition) is 4. The molecule has 2 aliphatic rings. The Balaban J connectivity index is 1.54. The molecule has 4 rings (SSSR count). The Bertz CT molecular complexity index is 903. The van der Waals surface area contributed by atoms with Crippen LogP contribution in [0.5, 0.6) is 0 Å². The first-order chi connectivity index (χ1) is 12.4. The van der Waals surface area contributed by atoms with Crippen LogP contribution in [-0.4, -0.2) is 45.9 Å². The average molecular weight is 358 g/mol. The van der Waals surface area contributed by atoms with Crippen molar-refractivity contribution in [2.45, 2.75) is 24.9 Å². The molecule has 0 saturated heterocycles. The summed E-state index contributed by atoms with van der Waals surface area (Å²) in [6.07, 6.45) is 1.18. The summed E-state index contributed by atoms with van der Waals surface area (Å²) >= 11 is 0. The highest BCUT2D eigenvalue weighted by molar-refractivity contribution is 6.01. The maximum atomic E-state index is 14.2. The molecular weight excluding hydrogens is 342 g/mol. The third-order valence-electron chi connectivity index (χ3n) is 4.89. The van der Waals surface area contributed by atoms with Crippen molar-refractivity contribution in [2.24, 2.45) is 0 Å². The van der Waals surface area contributed by atoms with Crippen molar-refractivity contribution >= 4 is 17.8 Å². The number of fused-ring (bicyclic) bond motifs is 2. The van der Waals surface area contributed by atoms with Gasteiger partial charge in [-0.3, -0.25) is 14.9 Å². The van der Waals surface area contributed by atoms with Gasteiger partial charge in [-0.15, -0.1) is 0 Å². The van der Waals surface area contributed by atoms with E-state index >= 15 is 0 Å². The van der Waals surface area contributed by atoms with Crippen molar-refractivity contribution in [3.05, 3.63) is 53.1 Å². The summed E-state index contributed by atoms with van der Waals surface area (Å²) in [7, 11) is 0. The van der Waals surface area contributed by atoms with E-state index in [9.17, 15) is 18.4 Å². The number of alkyl halides is 1. The summed E-state index contributed by atoms with van der Waals surface area (Å²) in [5.41, 5.74) is 1.41. The van der Waals surface area contributed by atoms with Gasteiger partial charge in [0.15, 0.2) is 5.82 Å². The first-order valence-corrected chi connectivity index (χ1v) is 8.21. The molecule has 134 valence electrons. The molecular formula is C18H16F2N4O2. The highest BCUT2D eigenvalue weighted by Gasteiger charge is 2.61. The van der Waals surface area contributed by atoms with Crippen molar-refractivity contribution in [3.8, 4) is 0 Å². The van der Waals surface area contributed by atoms with Gasteiger partial charge >= 0.3 is 0 Å². The summed E-state index contributed by atoms with van der Waals surface area (Å²) in [4.78, 5) is 33.6. The van der Waals surface area contributed by atoms with Crippen LogP contribution in [0.1, 0.15) is 27.9 Å². The molecule has 1 aromatic heterocycles. The summed E-state index contributed by atoms with van der Waals surface area (Å²) < 4.78 is 27.0. The van der Waals surface area contributed by atoms with Crippen molar-refractivity contribution in [1.29, 1.82) is 0 Å². The van der Waals surface area contributed by atoms with Crippen molar-refractivity contribution in [2.75, 3.05) is 18.4 Å². The van der Waals surface area contributed by atoms with Crippen LogP contribution in [0.15, 0.2) is 30.6 Å². The lowest BCUT2D eigenvalue weighted by atomic mass is 9.85. The highest BCUT2D eigenvalue weighted by atomic mass is 19.1. The molecule has 1 aliphatic heterocycles. The number of hydrogen-bond donors (Lipinski definition) is 1. The summed E-state index contributed by atoms with van der Waals surface area (Å²) in [6.45, 7) is 1.80. The third kappa shape index (κ3) is 2.71. The third-order valence-corrected chi connectivity index (χ3v) is 4.89. The van der Waals surface area contributed by atoms with Gasteiger partial charge < -0.3 is 4.90 Å². The molecule has 26 heavy (non-hydrogen) atoms. The fraction of sp³-hybridized carbons (Fsp3) is 0.333. The summed E-state index contributed by atoms with van der Waals surface area (Å²) in [5.74, 6) is -1.50. The molecule has 2 aromatic rings. The van der Waals surface area contributed by atoms with Gasteiger partial charge in [-0.2, -0.15) is 0 Å². The van der Waals surface area contributed by atoms with Crippen molar-refractivity contribution < 1.29 is 18.4 Å². The molecule has 1 saturated carbocycles. The van der Waals surface area contributed by atoms with Gasteiger partial charge in [-0.1, -0.05) is 17.7 Å². The second kappa shape index (κ2) is 5.82. The smallest absolute Gasteiger partial charge is 0.254 e. The van der Waals surface area contributed by atoms with Crippen LogP contribution in [0.3, 0.4) is 0 Å². The highest BCUT2D eigenvalue weighted by Crippen LogP contribution is 2.54. The van der Waals surface area contributed by atoms with Crippen LogP contribution in [0.25, 0.3) is 0 Å². The van der Waals surface area contributed by atoms with E-state index in [1.807, 2.05) is 13.0 Å². The summed E-state index contributed by atoms with van der Waals surface area (Å²) in [6, 6.07) is 5.35. The number of amides is 2. The molecule has 2 heterocycles. The van der Waals surface area contributed by atoms with Crippen molar-refractivity contribution in [1.82, 2.24) is 14.9 Å². The van der Waals surface area contributed by atoms with E-state index in [1.165, 1.54) is 4.90 Å². The second-order valence-corrected chi connectivity index (χ2v) is 6.81. The minimum Gasteiger partial charge on any atom is -0.328 e. The first-order valence-electron chi connectivity index (χ1n) is 8.21. The second-order valence-electron chi connectivity index (χ2n) is 6.81. The van der Waals surface area contributed by atoms with E-state index < -0.39 is 23.3 Å². The van der Waals surface area contributed by atoms with Crippen LogP contribution in [0.4, 0.5) is 14.7 Å². The van der Waals surface area contributed by atoms with Crippen LogP contribution in [0.2, 0.25) is 0 Å². The molecule has 6 nitrogen and oxygen atoms in total. The molecule has 1 spiro atoms. The van der Waals surface area contributed by atoms with E-state index in [0.29, 0.717) is 12.0 Å². The number of rotatable bonds is 3. The Kier molecular flexibility index (Phi) is 3.71. The number of nitrogens with zero attached hydrogens (tertiary/aromatic N) is 3. The molecule has 8 heteroatoms. The van der Waals surface area contributed by atoms with Gasteiger partial charge in [0.1, 0.15) is 12.7 Å². The molecule has 2 atom stereocenters. The lowest BCUT2D eigenvalue weighted by molar-refractivity contribution is -0.117. The van der Waals surface area contributed by atoms with Crippen molar-refractivity contribution in [3.63, 3.8) is 0 Å². The lowest BCUT2D eigenvalue weighted by Crippen LogP contribution is -2.47. The fourth-order valence-electron chi connectivity index (χ4n) is 3.47. The molecule has 1 aromatic carbocycles. The predicted molar refractivity (Wildman–Crippen MR) is 88.9 cm³/mol. The molecule has 0 unspecified atom stereocenters. The normalized spacial score (nSPS) is 23.7. The van der Waals surface area contributed by atoms with Gasteiger partial charge in [0.05, 0.1) is 12.4 Å². The van der Waals surface area contributed by atoms with Crippen LogP contribution in [-0.2, 0) is 10.2 Å². The number of benzene rings is 1. The number of carbonyl (C=O) groups is 2. The molecule has 0 radical (unpaired) electrons. The topological polar surface area (TPSA) is 75.2 Å². The molecule has 0 bridgehead atoms. The molecule has 1 fully saturated rings. The Labute approximate surface area is 148 Å². The van der Waals surface area contributed by atoms with Gasteiger partial charge in [0, 0.05) is 17.5 Å².